The molecular weight excluding hydrogens is 347 g/mol. The van der Waals surface area contributed by atoms with Crippen molar-refractivity contribution in [2.45, 2.75) is 20.0 Å². The fraction of sp³-hybridized carbons (Fsp3) is 0.167. The standard InChI is InChI=1S/C18H16F3N3O2/c1-11-4-3-5-15(12(11)2)23-16(25)17(26)24-22-10-13-6-8-14(9-7-13)18(19,20)21/h3-10H,1-2H3,(H,23,25)(H,24,26)/b22-10-. The van der Waals surface area contributed by atoms with Gasteiger partial charge in [0.25, 0.3) is 0 Å². The highest BCUT2D eigenvalue weighted by atomic mass is 19.4. The SMILES string of the molecule is Cc1cccc(NC(=O)C(=O)N/N=C\c2ccc(C(F)(F)F)cc2)c1C. The Morgan fingerprint density at radius 2 is 1.65 bits per heavy atom. The molecule has 2 aromatic carbocycles. The molecule has 26 heavy (non-hydrogen) atoms. The summed E-state index contributed by atoms with van der Waals surface area (Å²) in [6, 6.07) is 9.49. The van der Waals surface area contributed by atoms with Gasteiger partial charge in [0.05, 0.1) is 11.8 Å². The van der Waals surface area contributed by atoms with Crippen LogP contribution in [0, 0.1) is 13.8 Å². The van der Waals surface area contributed by atoms with Gasteiger partial charge in [-0.25, -0.2) is 5.43 Å². The molecule has 0 spiro atoms. The minimum Gasteiger partial charge on any atom is -0.317 e. The number of nitrogens with zero attached hydrogens (tertiary/aromatic N) is 1. The van der Waals surface area contributed by atoms with Crippen molar-refractivity contribution in [2.24, 2.45) is 5.10 Å². The molecule has 0 aliphatic heterocycles. The lowest BCUT2D eigenvalue weighted by Gasteiger charge is -2.09. The number of amides is 2. The van der Waals surface area contributed by atoms with Crippen LogP contribution in [-0.2, 0) is 15.8 Å². The van der Waals surface area contributed by atoms with Crippen molar-refractivity contribution in [1.29, 1.82) is 0 Å². The van der Waals surface area contributed by atoms with E-state index in [1.54, 1.807) is 12.1 Å². The third-order valence-corrected chi connectivity index (χ3v) is 3.68. The van der Waals surface area contributed by atoms with Crippen molar-refractivity contribution in [3.8, 4) is 0 Å². The van der Waals surface area contributed by atoms with Crippen molar-refractivity contribution >= 4 is 23.7 Å². The first kappa shape index (κ1) is 19.2. The van der Waals surface area contributed by atoms with Crippen molar-refractivity contribution < 1.29 is 22.8 Å². The molecule has 0 heterocycles. The quantitative estimate of drug-likeness (QED) is 0.498. The Balaban J connectivity index is 1.94. The molecule has 2 aromatic rings. The molecule has 2 amide bonds. The summed E-state index contributed by atoms with van der Waals surface area (Å²) in [5, 5.41) is 6.04. The zero-order valence-electron chi connectivity index (χ0n) is 14.0. The maximum Gasteiger partial charge on any atom is 0.416 e. The molecule has 2 N–H and O–H groups in total. The van der Waals surface area contributed by atoms with E-state index in [9.17, 15) is 22.8 Å². The molecule has 0 bridgehead atoms. The molecule has 0 aromatic heterocycles. The number of rotatable bonds is 3. The lowest BCUT2D eigenvalue weighted by molar-refractivity contribution is -0.137. The summed E-state index contributed by atoms with van der Waals surface area (Å²) < 4.78 is 37.4. The Kier molecular flexibility index (Phi) is 5.76. The van der Waals surface area contributed by atoms with Gasteiger partial charge < -0.3 is 5.32 Å². The summed E-state index contributed by atoms with van der Waals surface area (Å²) in [5.41, 5.74) is 3.89. The van der Waals surface area contributed by atoms with Crippen LogP contribution in [0.25, 0.3) is 0 Å². The van der Waals surface area contributed by atoms with Crippen LogP contribution in [0.5, 0.6) is 0 Å². The minimum absolute atomic E-state index is 0.341. The molecule has 8 heteroatoms. The fourth-order valence-corrected chi connectivity index (χ4v) is 2.04. The Morgan fingerprint density at radius 3 is 2.27 bits per heavy atom. The van der Waals surface area contributed by atoms with Crippen molar-refractivity contribution in [2.75, 3.05) is 5.32 Å². The monoisotopic (exact) mass is 363 g/mol. The third-order valence-electron chi connectivity index (χ3n) is 3.68. The first-order valence-corrected chi connectivity index (χ1v) is 7.56. The van der Waals surface area contributed by atoms with Crippen LogP contribution in [0.15, 0.2) is 47.6 Å². The number of carbonyl (C=O) groups excluding carboxylic acids is 2. The van der Waals surface area contributed by atoms with E-state index < -0.39 is 23.6 Å². The Hall–Kier alpha value is -3.16. The van der Waals surface area contributed by atoms with E-state index in [4.69, 9.17) is 0 Å². The van der Waals surface area contributed by atoms with Gasteiger partial charge in [0, 0.05) is 5.69 Å². The molecule has 0 fully saturated rings. The molecule has 0 aliphatic rings. The zero-order valence-corrected chi connectivity index (χ0v) is 14.0. The summed E-state index contributed by atoms with van der Waals surface area (Å²) in [6.07, 6.45) is -3.28. The fourth-order valence-electron chi connectivity index (χ4n) is 2.04. The molecule has 0 saturated carbocycles. The van der Waals surface area contributed by atoms with E-state index in [1.807, 2.05) is 25.3 Å². The highest BCUT2D eigenvalue weighted by Gasteiger charge is 2.29. The molecule has 2 rings (SSSR count). The van der Waals surface area contributed by atoms with Crippen LogP contribution < -0.4 is 10.7 Å². The lowest BCUT2D eigenvalue weighted by Crippen LogP contribution is -2.32. The number of benzene rings is 2. The number of halogens is 3. The van der Waals surface area contributed by atoms with E-state index in [2.05, 4.69) is 10.4 Å². The van der Waals surface area contributed by atoms with Gasteiger partial charge in [0.2, 0.25) is 0 Å². The normalized spacial score (nSPS) is 11.4. The van der Waals surface area contributed by atoms with Gasteiger partial charge in [-0.2, -0.15) is 18.3 Å². The van der Waals surface area contributed by atoms with Crippen molar-refractivity contribution in [3.05, 3.63) is 64.7 Å². The molecule has 0 atom stereocenters. The van der Waals surface area contributed by atoms with Gasteiger partial charge in [-0.05, 0) is 48.7 Å². The summed E-state index contributed by atoms with van der Waals surface area (Å²) in [7, 11) is 0. The van der Waals surface area contributed by atoms with Gasteiger partial charge in [-0.15, -0.1) is 0 Å². The summed E-state index contributed by atoms with van der Waals surface area (Å²) in [6.45, 7) is 3.69. The number of hydrogen-bond donors (Lipinski definition) is 2. The van der Waals surface area contributed by atoms with Crippen LogP contribution in [0.4, 0.5) is 18.9 Å². The van der Waals surface area contributed by atoms with E-state index in [-0.39, 0.29) is 0 Å². The number of aryl methyl sites for hydroxylation is 1. The second-order valence-electron chi connectivity index (χ2n) is 5.52. The third kappa shape index (κ3) is 4.92. The molecule has 0 saturated heterocycles. The van der Waals surface area contributed by atoms with Gasteiger partial charge in [0.15, 0.2) is 0 Å². The summed E-state index contributed by atoms with van der Waals surface area (Å²) >= 11 is 0. The second-order valence-corrected chi connectivity index (χ2v) is 5.52. The van der Waals surface area contributed by atoms with Gasteiger partial charge in [-0.3, -0.25) is 9.59 Å². The largest absolute Gasteiger partial charge is 0.416 e. The Bertz CT molecular complexity index is 844. The lowest BCUT2D eigenvalue weighted by atomic mass is 10.1. The van der Waals surface area contributed by atoms with Crippen LogP contribution in [0.1, 0.15) is 22.3 Å². The smallest absolute Gasteiger partial charge is 0.317 e. The molecule has 0 aliphatic carbocycles. The maximum atomic E-state index is 12.5. The van der Waals surface area contributed by atoms with Gasteiger partial charge >= 0.3 is 18.0 Å². The van der Waals surface area contributed by atoms with E-state index in [1.165, 1.54) is 12.1 Å². The molecular formula is C18H16F3N3O2. The van der Waals surface area contributed by atoms with Crippen LogP contribution in [-0.4, -0.2) is 18.0 Å². The number of anilines is 1. The first-order chi connectivity index (χ1) is 12.2. The molecule has 0 unspecified atom stereocenters. The predicted molar refractivity (Wildman–Crippen MR) is 91.7 cm³/mol. The van der Waals surface area contributed by atoms with E-state index in [0.29, 0.717) is 11.3 Å². The number of nitrogens with one attached hydrogen (secondary N) is 2. The van der Waals surface area contributed by atoms with Crippen LogP contribution in [0.3, 0.4) is 0 Å². The van der Waals surface area contributed by atoms with Crippen LogP contribution >= 0.6 is 0 Å². The highest BCUT2D eigenvalue weighted by molar-refractivity contribution is 6.39. The Labute approximate surface area is 147 Å². The topological polar surface area (TPSA) is 70.6 Å². The highest BCUT2D eigenvalue weighted by Crippen LogP contribution is 2.28. The van der Waals surface area contributed by atoms with Crippen molar-refractivity contribution in [1.82, 2.24) is 5.43 Å². The zero-order chi connectivity index (χ0) is 19.3. The van der Waals surface area contributed by atoms with Gasteiger partial charge in [-0.1, -0.05) is 24.3 Å². The van der Waals surface area contributed by atoms with Crippen LogP contribution in [0.2, 0.25) is 0 Å². The van der Waals surface area contributed by atoms with Crippen molar-refractivity contribution in [3.63, 3.8) is 0 Å². The average Bonchev–Trinajstić information content (AvgIpc) is 2.58. The number of carbonyl (C=O) groups is 2. The second kappa shape index (κ2) is 7.81. The average molecular weight is 363 g/mol. The molecule has 0 radical (unpaired) electrons. The molecule has 5 nitrogen and oxygen atoms in total. The van der Waals surface area contributed by atoms with Gasteiger partial charge in [0.1, 0.15) is 0 Å². The number of hydrazone groups is 1. The summed E-state index contributed by atoms with van der Waals surface area (Å²) in [5.74, 6) is -1.89. The predicted octanol–water partition coefficient (Wildman–Crippen LogP) is 3.41. The maximum absolute atomic E-state index is 12.5. The Morgan fingerprint density at radius 1 is 1.00 bits per heavy atom. The first-order valence-electron chi connectivity index (χ1n) is 7.56. The molecule has 136 valence electrons. The number of alkyl halides is 3. The van der Waals surface area contributed by atoms with E-state index >= 15 is 0 Å². The van der Waals surface area contributed by atoms with E-state index in [0.717, 1.165) is 29.5 Å². The minimum atomic E-state index is -4.42. The summed E-state index contributed by atoms with van der Waals surface area (Å²) in [4.78, 5) is 23.6. The number of hydrogen-bond acceptors (Lipinski definition) is 3.